The van der Waals surface area contributed by atoms with Gasteiger partial charge in [0.2, 0.25) is 0 Å². The number of fused-ring (bicyclic) bond motifs is 1. The molecule has 5 nitrogen and oxygen atoms in total. The fourth-order valence-electron chi connectivity index (χ4n) is 2.21. The molecule has 0 aromatic heterocycles. The lowest BCUT2D eigenvalue weighted by atomic mass is 10.2. The Morgan fingerprint density at radius 3 is 2.85 bits per heavy atom. The molecule has 20 heavy (non-hydrogen) atoms. The van der Waals surface area contributed by atoms with Gasteiger partial charge in [-0.1, -0.05) is 12.1 Å². The van der Waals surface area contributed by atoms with Gasteiger partial charge < -0.3 is 20.7 Å². The number of hydrogen-bond acceptors (Lipinski definition) is 4. The zero-order valence-electron chi connectivity index (χ0n) is 11.1. The SMILES string of the molecule is CN(c1ccc2c(c1)NC(=O)CO2)c1ccccc1N. The molecular formula is C15H15N3O2. The van der Waals surface area contributed by atoms with Crippen LogP contribution in [0.25, 0.3) is 0 Å². The average molecular weight is 269 g/mol. The van der Waals surface area contributed by atoms with Crippen molar-refractivity contribution in [3.8, 4) is 5.75 Å². The maximum absolute atomic E-state index is 11.4. The molecule has 2 aromatic carbocycles. The molecule has 0 fully saturated rings. The Bertz CT molecular complexity index is 670. The molecule has 1 amide bonds. The molecule has 0 bridgehead atoms. The molecule has 3 N–H and O–H groups in total. The van der Waals surface area contributed by atoms with Crippen molar-refractivity contribution in [2.45, 2.75) is 0 Å². The molecular weight excluding hydrogens is 254 g/mol. The van der Waals surface area contributed by atoms with E-state index in [0.717, 1.165) is 11.4 Å². The van der Waals surface area contributed by atoms with Crippen molar-refractivity contribution < 1.29 is 9.53 Å². The minimum Gasteiger partial charge on any atom is -0.482 e. The quantitative estimate of drug-likeness (QED) is 0.821. The molecule has 5 heteroatoms. The Kier molecular flexibility index (Phi) is 2.95. The monoisotopic (exact) mass is 269 g/mol. The van der Waals surface area contributed by atoms with E-state index in [2.05, 4.69) is 5.32 Å². The van der Waals surface area contributed by atoms with Gasteiger partial charge in [-0.15, -0.1) is 0 Å². The van der Waals surface area contributed by atoms with Crippen LogP contribution in [0, 0.1) is 0 Å². The van der Waals surface area contributed by atoms with Gasteiger partial charge in [-0.25, -0.2) is 0 Å². The first-order valence-corrected chi connectivity index (χ1v) is 6.30. The number of nitrogens with one attached hydrogen (secondary N) is 1. The first-order chi connectivity index (χ1) is 9.65. The molecule has 3 rings (SSSR count). The maximum Gasteiger partial charge on any atom is 0.262 e. The number of ether oxygens (including phenoxy) is 1. The molecule has 0 aliphatic carbocycles. The fraction of sp³-hybridized carbons (Fsp3) is 0.133. The van der Waals surface area contributed by atoms with E-state index in [1.54, 1.807) is 0 Å². The lowest BCUT2D eigenvalue weighted by molar-refractivity contribution is -0.118. The lowest BCUT2D eigenvalue weighted by Gasteiger charge is -2.24. The van der Waals surface area contributed by atoms with Crippen molar-refractivity contribution in [3.63, 3.8) is 0 Å². The number of nitrogens with zero attached hydrogens (tertiary/aromatic N) is 1. The van der Waals surface area contributed by atoms with E-state index in [1.165, 1.54) is 0 Å². The summed E-state index contributed by atoms with van der Waals surface area (Å²) in [5.74, 6) is 0.541. The molecule has 0 atom stereocenters. The van der Waals surface area contributed by atoms with E-state index < -0.39 is 0 Å². The highest BCUT2D eigenvalue weighted by Crippen LogP contribution is 2.35. The van der Waals surface area contributed by atoms with Gasteiger partial charge in [0.15, 0.2) is 6.61 Å². The number of benzene rings is 2. The van der Waals surface area contributed by atoms with Crippen LogP contribution < -0.4 is 20.7 Å². The summed E-state index contributed by atoms with van der Waals surface area (Å²) in [7, 11) is 1.93. The van der Waals surface area contributed by atoms with Gasteiger partial charge in [0.05, 0.1) is 17.1 Å². The van der Waals surface area contributed by atoms with Crippen molar-refractivity contribution >= 4 is 28.7 Å². The number of hydrogen-bond donors (Lipinski definition) is 2. The molecule has 0 unspecified atom stereocenters. The maximum atomic E-state index is 11.4. The number of rotatable bonds is 2. The molecule has 0 radical (unpaired) electrons. The Balaban J connectivity index is 1.97. The van der Waals surface area contributed by atoms with E-state index in [4.69, 9.17) is 10.5 Å². The van der Waals surface area contributed by atoms with Crippen LogP contribution in [0.3, 0.4) is 0 Å². The third-order valence-electron chi connectivity index (χ3n) is 3.28. The lowest BCUT2D eigenvalue weighted by Crippen LogP contribution is -2.25. The molecule has 1 aliphatic rings. The molecule has 0 saturated heterocycles. The smallest absolute Gasteiger partial charge is 0.262 e. The number of nitrogen functional groups attached to an aromatic ring is 1. The largest absolute Gasteiger partial charge is 0.482 e. The van der Waals surface area contributed by atoms with E-state index in [-0.39, 0.29) is 12.5 Å². The minimum atomic E-state index is -0.142. The Morgan fingerprint density at radius 1 is 1.25 bits per heavy atom. The van der Waals surface area contributed by atoms with Crippen LogP contribution in [0.5, 0.6) is 5.75 Å². The normalized spacial score (nSPS) is 13.2. The second-order valence-electron chi connectivity index (χ2n) is 4.64. The molecule has 0 saturated carbocycles. The average Bonchev–Trinajstić information content (AvgIpc) is 2.46. The summed E-state index contributed by atoms with van der Waals surface area (Å²) in [6.07, 6.45) is 0. The van der Waals surface area contributed by atoms with E-state index in [1.807, 2.05) is 54.4 Å². The predicted octanol–water partition coefficient (Wildman–Crippen LogP) is 2.37. The van der Waals surface area contributed by atoms with Gasteiger partial charge in [0.1, 0.15) is 5.75 Å². The predicted molar refractivity (Wildman–Crippen MR) is 79.5 cm³/mol. The number of anilines is 4. The zero-order chi connectivity index (χ0) is 14.1. The molecule has 1 aliphatic heterocycles. The molecule has 102 valence electrons. The van der Waals surface area contributed by atoms with Crippen LogP contribution in [0.2, 0.25) is 0 Å². The number of carbonyl (C=O) groups is 1. The Morgan fingerprint density at radius 2 is 2.05 bits per heavy atom. The number of para-hydroxylation sites is 2. The van der Waals surface area contributed by atoms with Crippen molar-refractivity contribution in [2.24, 2.45) is 0 Å². The number of nitrogens with two attached hydrogens (primary N) is 1. The van der Waals surface area contributed by atoms with Crippen molar-refractivity contribution in [2.75, 3.05) is 29.6 Å². The van der Waals surface area contributed by atoms with E-state index in [0.29, 0.717) is 17.1 Å². The first kappa shape index (κ1) is 12.3. The second-order valence-corrected chi connectivity index (χ2v) is 4.64. The van der Waals surface area contributed by atoms with Gasteiger partial charge >= 0.3 is 0 Å². The Hall–Kier alpha value is -2.69. The standard InChI is InChI=1S/C15H15N3O2/c1-18(13-5-3-2-4-11(13)16)10-6-7-14-12(8-10)17-15(19)9-20-14/h2-8H,9,16H2,1H3,(H,17,19). The highest BCUT2D eigenvalue weighted by molar-refractivity contribution is 5.96. The molecule has 0 spiro atoms. The highest BCUT2D eigenvalue weighted by Gasteiger charge is 2.17. The minimum absolute atomic E-state index is 0.0633. The van der Waals surface area contributed by atoms with Crippen LogP contribution in [0.15, 0.2) is 42.5 Å². The van der Waals surface area contributed by atoms with Gasteiger partial charge in [-0.05, 0) is 30.3 Å². The van der Waals surface area contributed by atoms with Gasteiger partial charge in [0.25, 0.3) is 5.91 Å². The zero-order valence-corrected chi connectivity index (χ0v) is 11.1. The third kappa shape index (κ3) is 2.14. The fourth-order valence-corrected chi connectivity index (χ4v) is 2.21. The van der Waals surface area contributed by atoms with Gasteiger partial charge in [-0.3, -0.25) is 4.79 Å². The molecule has 2 aromatic rings. The highest BCUT2D eigenvalue weighted by atomic mass is 16.5. The number of carbonyl (C=O) groups excluding carboxylic acids is 1. The second kappa shape index (κ2) is 4.77. The number of amides is 1. The van der Waals surface area contributed by atoms with Gasteiger partial charge in [0, 0.05) is 12.7 Å². The van der Waals surface area contributed by atoms with Crippen molar-refractivity contribution in [3.05, 3.63) is 42.5 Å². The van der Waals surface area contributed by atoms with Crippen LogP contribution in [0.4, 0.5) is 22.7 Å². The van der Waals surface area contributed by atoms with Crippen LogP contribution >= 0.6 is 0 Å². The van der Waals surface area contributed by atoms with Gasteiger partial charge in [-0.2, -0.15) is 0 Å². The summed E-state index contributed by atoms with van der Waals surface area (Å²) < 4.78 is 5.34. The van der Waals surface area contributed by atoms with E-state index >= 15 is 0 Å². The van der Waals surface area contributed by atoms with Crippen molar-refractivity contribution in [1.82, 2.24) is 0 Å². The topological polar surface area (TPSA) is 67.6 Å². The summed E-state index contributed by atoms with van der Waals surface area (Å²) in [5.41, 5.74) is 9.20. The summed E-state index contributed by atoms with van der Waals surface area (Å²) in [5, 5.41) is 2.80. The van der Waals surface area contributed by atoms with Crippen LogP contribution in [-0.2, 0) is 4.79 Å². The summed E-state index contributed by atoms with van der Waals surface area (Å²) in [6.45, 7) is 0.0633. The third-order valence-corrected chi connectivity index (χ3v) is 3.28. The van der Waals surface area contributed by atoms with Crippen molar-refractivity contribution in [1.29, 1.82) is 0 Å². The summed E-state index contributed by atoms with van der Waals surface area (Å²) in [4.78, 5) is 13.3. The van der Waals surface area contributed by atoms with E-state index in [9.17, 15) is 4.79 Å². The van der Waals surface area contributed by atoms with Crippen LogP contribution in [-0.4, -0.2) is 19.6 Å². The first-order valence-electron chi connectivity index (χ1n) is 6.30. The Labute approximate surface area is 117 Å². The van der Waals surface area contributed by atoms with Crippen LogP contribution in [0.1, 0.15) is 0 Å². The summed E-state index contributed by atoms with van der Waals surface area (Å²) >= 11 is 0. The summed E-state index contributed by atoms with van der Waals surface area (Å²) in [6, 6.07) is 13.3. The molecule has 1 heterocycles.